The van der Waals surface area contributed by atoms with E-state index in [1.54, 1.807) is 24.3 Å². The average molecular weight is 174 g/mol. The molecule has 0 heterocycles. The zero-order chi connectivity index (χ0) is 9.68. The third-order valence-corrected chi connectivity index (χ3v) is 1.72. The molecule has 1 rings (SSSR count). The summed E-state index contributed by atoms with van der Waals surface area (Å²) in [5.41, 5.74) is 7.39. The zero-order valence-electron chi connectivity index (χ0n) is 7.03. The summed E-state index contributed by atoms with van der Waals surface area (Å²) in [6, 6.07) is 6.89. The van der Waals surface area contributed by atoms with Crippen LogP contribution in [0.4, 0.5) is 0 Å². The summed E-state index contributed by atoms with van der Waals surface area (Å²) in [5.74, 6) is 0. The highest BCUT2D eigenvalue weighted by Gasteiger charge is 1.96. The molecular formula is C10H10N2O. The molecule has 0 saturated heterocycles. The van der Waals surface area contributed by atoms with Crippen molar-refractivity contribution in [2.75, 3.05) is 0 Å². The number of nitrogens with one attached hydrogen (secondary N) is 1. The van der Waals surface area contributed by atoms with E-state index >= 15 is 0 Å². The SMILES string of the molecule is N=C/C(=C\N)c1ccc(C=O)cc1. The molecule has 3 N–H and O–H groups in total. The predicted molar refractivity (Wildman–Crippen MR) is 52.8 cm³/mol. The highest BCUT2D eigenvalue weighted by atomic mass is 16.1. The van der Waals surface area contributed by atoms with Crippen molar-refractivity contribution < 1.29 is 4.79 Å². The summed E-state index contributed by atoms with van der Waals surface area (Å²) in [6.07, 6.45) is 3.32. The molecule has 3 heteroatoms. The van der Waals surface area contributed by atoms with Gasteiger partial charge in [-0.25, -0.2) is 0 Å². The number of carbonyl (C=O) groups excluding carboxylic acids is 1. The number of benzene rings is 1. The van der Waals surface area contributed by atoms with Gasteiger partial charge in [0.15, 0.2) is 0 Å². The van der Waals surface area contributed by atoms with Gasteiger partial charge in [0.05, 0.1) is 0 Å². The normalized spacial score (nSPS) is 10.9. The van der Waals surface area contributed by atoms with Crippen molar-refractivity contribution in [3.63, 3.8) is 0 Å². The van der Waals surface area contributed by atoms with Gasteiger partial charge in [-0.1, -0.05) is 24.3 Å². The van der Waals surface area contributed by atoms with E-state index in [2.05, 4.69) is 0 Å². The lowest BCUT2D eigenvalue weighted by molar-refractivity contribution is 0.112. The van der Waals surface area contributed by atoms with Gasteiger partial charge < -0.3 is 11.1 Å². The summed E-state index contributed by atoms with van der Waals surface area (Å²) < 4.78 is 0. The first-order chi connectivity index (χ1) is 6.31. The second-order valence-electron chi connectivity index (χ2n) is 2.51. The van der Waals surface area contributed by atoms with Gasteiger partial charge in [0.25, 0.3) is 0 Å². The smallest absolute Gasteiger partial charge is 0.150 e. The minimum Gasteiger partial charge on any atom is -0.404 e. The lowest BCUT2D eigenvalue weighted by Gasteiger charge is -1.99. The molecule has 13 heavy (non-hydrogen) atoms. The van der Waals surface area contributed by atoms with Crippen molar-refractivity contribution in [1.29, 1.82) is 5.41 Å². The quantitative estimate of drug-likeness (QED) is 0.538. The Bertz CT molecular complexity index is 338. The van der Waals surface area contributed by atoms with Crippen LogP contribution in [0.2, 0.25) is 0 Å². The van der Waals surface area contributed by atoms with E-state index in [-0.39, 0.29) is 0 Å². The lowest BCUT2D eigenvalue weighted by Crippen LogP contribution is -1.90. The van der Waals surface area contributed by atoms with Crippen LogP contribution in [0.25, 0.3) is 5.57 Å². The van der Waals surface area contributed by atoms with Crippen molar-refractivity contribution >= 4 is 18.1 Å². The summed E-state index contributed by atoms with van der Waals surface area (Å²) in [7, 11) is 0. The number of nitrogens with two attached hydrogens (primary N) is 1. The minimum atomic E-state index is 0.616. The van der Waals surface area contributed by atoms with E-state index in [9.17, 15) is 4.79 Å². The molecule has 66 valence electrons. The first-order valence-electron chi connectivity index (χ1n) is 3.80. The van der Waals surface area contributed by atoms with Gasteiger partial charge >= 0.3 is 0 Å². The van der Waals surface area contributed by atoms with Crippen LogP contribution in [0.5, 0.6) is 0 Å². The molecule has 0 aliphatic carbocycles. The Balaban J connectivity index is 3.04. The van der Waals surface area contributed by atoms with Gasteiger partial charge in [0, 0.05) is 23.6 Å². The Hall–Kier alpha value is -1.90. The second kappa shape index (κ2) is 4.21. The number of hydrogen-bond acceptors (Lipinski definition) is 3. The maximum atomic E-state index is 10.3. The summed E-state index contributed by atoms with van der Waals surface area (Å²) >= 11 is 0. The van der Waals surface area contributed by atoms with Gasteiger partial charge in [-0.2, -0.15) is 0 Å². The van der Waals surface area contributed by atoms with Crippen molar-refractivity contribution in [2.45, 2.75) is 0 Å². The highest BCUT2D eigenvalue weighted by molar-refractivity contribution is 6.08. The molecule has 0 saturated carbocycles. The zero-order valence-corrected chi connectivity index (χ0v) is 7.03. The maximum absolute atomic E-state index is 10.3. The Morgan fingerprint density at radius 1 is 1.31 bits per heavy atom. The standard InChI is InChI=1S/C10H10N2O/c11-5-10(6-12)9-3-1-8(7-13)2-4-9/h1-7,11H,12H2/b10-6+,11-5?. The van der Waals surface area contributed by atoms with Gasteiger partial charge in [0.1, 0.15) is 6.29 Å². The largest absolute Gasteiger partial charge is 0.404 e. The lowest BCUT2D eigenvalue weighted by atomic mass is 10.1. The summed E-state index contributed by atoms with van der Waals surface area (Å²) in [4.78, 5) is 10.3. The van der Waals surface area contributed by atoms with Crippen LogP contribution in [0.1, 0.15) is 15.9 Å². The fourth-order valence-corrected chi connectivity index (χ4v) is 0.982. The van der Waals surface area contributed by atoms with Crippen molar-refractivity contribution in [3.05, 3.63) is 41.6 Å². The molecule has 0 bridgehead atoms. The molecule has 0 fully saturated rings. The van der Waals surface area contributed by atoms with Crippen molar-refractivity contribution in [3.8, 4) is 0 Å². The van der Waals surface area contributed by atoms with E-state index in [4.69, 9.17) is 11.1 Å². The van der Waals surface area contributed by atoms with Crippen LogP contribution in [-0.2, 0) is 0 Å². The third kappa shape index (κ3) is 2.02. The van der Waals surface area contributed by atoms with E-state index in [0.29, 0.717) is 11.1 Å². The van der Waals surface area contributed by atoms with Gasteiger partial charge in [0.2, 0.25) is 0 Å². The number of rotatable bonds is 3. The first-order valence-corrected chi connectivity index (χ1v) is 3.80. The maximum Gasteiger partial charge on any atom is 0.150 e. The monoisotopic (exact) mass is 174 g/mol. The number of allylic oxidation sites excluding steroid dienone is 1. The second-order valence-corrected chi connectivity index (χ2v) is 2.51. The third-order valence-electron chi connectivity index (χ3n) is 1.72. The number of hydrogen-bond donors (Lipinski definition) is 2. The summed E-state index contributed by atoms with van der Waals surface area (Å²) in [5, 5.41) is 7.05. The fraction of sp³-hybridized carbons (Fsp3) is 0. The average Bonchev–Trinajstić information content (AvgIpc) is 2.21. The molecule has 0 aromatic heterocycles. The molecule has 0 radical (unpaired) electrons. The van der Waals surface area contributed by atoms with Crippen LogP contribution in [0.3, 0.4) is 0 Å². The van der Waals surface area contributed by atoms with Crippen LogP contribution >= 0.6 is 0 Å². The molecule has 0 spiro atoms. The molecule has 0 aliphatic heterocycles. The Morgan fingerprint density at radius 2 is 1.92 bits per heavy atom. The Labute approximate surface area is 76.4 Å². The predicted octanol–water partition coefficient (Wildman–Crippen LogP) is 1.45. The van der Waals surface area contributed by atoms with Crippen LogP contribution < -0.4 is 5.73 Å². The van der Waals surface area contributed by atoms with E-state index < -0.39 is 0 Å². The highest BCUT2D eigenvalue weighted by Crippen LogP contribution is 2.11. The molecule has 0 aliphatic rings. The molecule has 3 nitrogen and oxygen atoms in total. The van der Waals surface area contributed by atoms with Crippen LogP contribution in [0.15, 0.2) is 30.5 Å². The van der Waals surface area contributed by atoms with E-state index in [1.165, 1.54) is 12.4 Å². The van der Waals surface area contributed by atoms with Crippen LogP contribution in [-0.4, -0.2) is 12.5 Å². The van der Waals surface area contributed by atoms with E-state index in [1.807, 2.05) is 0 Å². The van der Waals surface area contributed by atoms with Gasteiger partial charge in [-0.05, 0) is 5.56 Å². The molecule has 0 amide bonds. The summed E-state index contributed by atoms with van der Waals surface area (Å²) in [6.45, 7) is 0. The van der Waals surface area contributed by atoms with E-state index in [0.717, 1.165) is 11.8 Å². The molecule has 0 atom stereocenters. The number of aldehydes is 1. The fourth-order valence-electron chi connectivity index (χ4n) is 0.982. The number of carbonyl (C=O) groups is 1. The molecular weight excluding hydrogens is 164 g/mol. The van der Waals surface area contributed by atoms with Crippen molar-refractivity contribution in [2.24, 2.45) is 5.73 Å². The minimum absolute atomic E-state index is 0.616. The Kier molecular flexibility index (Phi) is 2.97. The molecule has 0 unspecified atom stereocenters. The first kappa shape index (κ1) is 9.19. The van der Waals surface area contributed by atoms with Crippen molar-refractivity contribution in [1.82, 2.24) is 0 Å². The Morgan fingerprint density at radius 3 is 2.31 bits per heavy atom. The molecule has 1 aromatic rings. The van der Waals surface area contributed by atoms with Gasteiger partial charge in [-0.15, -0.1) is 0 Å². The van der Waals surface area contributed by atoms with Gasteiger partial charge in [-0.3, -0.25) is 4.79 Å². The van der Waals surface area contributed by atoms with Crippen LogP contribution in [0, 0.1) is 5.41 Å². The topological polar surface area (TPSA) is 66.9 Å². The molecule has 1 aromatic carbocycles.